The molecule has 0 aliphatic rings. The molecule has 0 spiro atoms. The van der Waals surface area contributed by atoms with Crippen LogP contribution in [0, 0.1) is 5.92 Å². The number of hydrogen-bond acceptors (Lipinski definition) is 6. The number of unbranched alkanes of at least 4 members (excludes halogenated alkanes) is 1. The van der Waals surface area contributed by atoms with E-state index in [2.05, 4.69) is 10.3 Å². The van der Waals surface area contributed by atoms with Crippen LogP contribution in [0.15, 0.2) is 47.2 Å². The van der Waals surface area contributed by atoms with Crippen LogP contribution in [0.25, 0.3) is 0 Å². The van der Waals surface area contributed by atoms with Gasteiger partial charge < -0.3 is 19.7 Å². The van der Waals surface area contributed by atoms with Gasteiger partial charge in [0.25, 0.3) is 0 Å². The highest BCUT2D eigenvalue weighted by molar-refractivity contribution is 5.73. The Hall–Kier alpha value is -2.83. The van der Waals surface area contributed by atoms with E-state index < -0.39 is 5.60 Å². The van der Waals surface area contributed by atoms with Crippen LogP contribution >= 0.6 is 0 Å². The van der Waals surface area contributed by atoms with E-state index in [0.717, 1.165) is 30.6 Å². The molecule has 0 heterocycles. The maximum Gasteiger partial charge on any atom is 0.410 e. The monoisotopic (exact) mass is 473 g/mol. The van der Waals surface area contributed by atoms with Crippen molar-refractivity contribution in [1.29, 1.82) is 0 Å². The SMILES string of the molecule is CC=N/C(=C\NCC)CC(CCCCN(Cc1ccccc1)C(=O)OC(C)(C)C)C(=O)OCC. The number of hydrogen-bond donors (Lipinski definition) is 1. The second kappa shape index (κ2) is 15.9. The minimum atomic E-state index is -0.559. The largest absolute Gasteiger partial charge is 0.466 e. The molecule has 7 heteroatoms. The Morgan fingerprint density at radius 3 is 2.44 bits per heavy atom. The molecule has 0 bridgehead atoms. The highest BCUT2D eigenvalue weighted by Crippen LogP contribution is 2.21. The van der Waals surface area contributed by atoms with Crippen LogP contribution in [0.3, 0.4) is 0 Å². The summed E-state index contributed by atoms with van der Waals surface area (Å²) in [5.74, 6) is -0.484. The van der Waals surface area contributed by atoms with E-state index >= 15 is 0 Å². The molecular weight excluding hydrogens is 430 g/mol. The maximum atomic E-state index is 12.8. The van der Waals surface area contributed by atoms with Crippen LogP contribution in [0.2, 0.25) is 0 Å². The Kier molecular flexibility index (Phi) is 13.7. The van der Waals surface area contributed by atoms with Gasteiger partial charge in [-0.2, -0.15) is 0 Å². The first-order valence-electron chi connectivity index (χ1n) is 12.3. The van der Waals surface area contributed by atoms with Crippen LogP contribution in [-0.4, -0.2) is 48.5 Å². The third-order valence-corrected chi connectivity index (χ3v) is 4.94. The quantitative estimate of drug-likeness (QED) is 0.213. The van der Waals surface area contributed by atoms with E-state index in [0.29, 0.717) is 32.5 Å². The summed E-state index contributed by atoms with van der Waals surface area (Å²) in [6, 6.07) is 9.88. The van der Waals surface area contributed by atoms with E-state index in [-0.39, 0.29) is 18.0 Å². The van der Waals surface area contributed by atoms with Crippen molar-refractivity contribution in [2.75, 3.05) is 19.7 Å². The Morgan fingerprint density at radius 2 is 1.85 bits per heavy atom. The van der Waals surface area contributed by atoms with Crippen LogP contribution in [-0.2, 0) is 20.8 Å². The van der Waals surface area contributed by atoms with Gasteiger partial charge in [0.2, 0.25) is 0 Å². The molecule has 0 saturated heterocycles. The number of rotatable bonds is 14. The van der Waals surface area contributed by atoms with Crippen molar-refractivity contribution in [3.63, 3.8) is 0 Å². The highest BCUT2D eigenvalue weighted by atomic mass is 16.6. The fraction of sp³-hybridized carbons (Fsp3) is 0.593. The molecule has 0 aliphatic carbocycles. The summed E-state index contributed by atoms with van der Waals surface area (Å²) in [6.07, 6.45) is 5.97. The van der Waals surface area contributed by atoms with E-state index in [1.165, 1.54) is 0 Å². The number of ether oxygens (including phenoxy) is 2. The molecule has 7 nitrogen and oxygen atoms in total. The lowest BCUT2D eigenvalue weighted by Crippen LogP contribution is -2.37. The van der Waals surface area contributed by atoms with Gasteiger partial charge in [-0.15, -0.1) is 0 Å². The molecular formula is C27H43N3O4. The summed E-state index contributed by atoms with van der Waals surface area (Å²) in [5, 5.41) is 3.16. The van der Waals surface area contributed by atoms with Gasteiger partial charge in [0, 0.05) is 38.5 Å². The number of carbonyl (C=O) groups excluding carboxylic acids is 2. The number of allylic oxidation sites excluding steroid dienone is 1. The molecule has 190 valence electrons. The number of nitrogens with one attached hydrogen (secondary N) is 1. The summed E-state index contributed by atoms with van der Waals surface area (Å²) >= 11 is 0. The average molecular weight is 474 g/mol. The molecule has 0 saturated carbocycles. The third kappa shape index (κ3) is 12.4. The van der Waals surface area contributed by atoms with Crippen molar-refractivity contribution in [2.24, 2.45) is 10.9 Å². The molecule has 1 rings (SSSR count). The van der Waals surface area contributed by atoms with Crippen LogP contribution < -0.4 is 5.32 Å². The lowest BCUT2D eigenvalue weighted by Gasteiger charge is -2.27. The van der Waals surface area contributed by atoms with Gasteiger partial charge in [-0.05, 0) is 59.9 Å². The summed E-state index contributed by atoms with van der Waals surface area (Å²) < 4.78 is 10.9. The van der Waals surface area contributed by atoms with Crippen molar-refractivity contribution in [3.8, 4) is 0 Å². The van der Waals surface area contributed by atoms with Gasteiger partial charge in [0.15, 0.2) is 0 Å². The van der Waals surface area contributed by atoms with Gasteiger partial charge in [0.1, 0.15) is 5.60 Å². The molecule has 0 radical (unpaired) electrons. The fourth-order valence-corrected chi connectivity index (χ4v) is 3.41. The summed E-state index contributed by atoms with van der Waals surface area (Å²) in [4.78, 5) is 31.5. The molecule has 0 aromatic heterocycles. The number of aliphatic imine (C=N–C) groups is 1. The lowest BCUT2D eigenvalue weighted by atomic mass is 9.96. The molecule has 0 aliphatic heterocycles. The minimum Gasteiger partial charge on any atom is -0.466 e. The topological polar surface area (TPSA) is 80.2 Å². The van der Waals surface area contributed by atoms with Gasteiger partial charge in [0.05, 0.1) is 18.2 Å². The van der Waals surface area contributed by atoms with Crippen molar-refractivity contribution in [1.82, 2.24) is 10.2 Å². The highest BCUT2D eigenvalue weighted by Gasteiger charge is 2.24. The first-order valence-corrected chi connectivity index (χ1v) is 12.3. The standard InChI is InChI=1S/C27H43N3O4/c1-7-28-20-24(29-8-2)19-23(25(31)33-9-3)17-13-14-18-30(26(32)34-27(4,5)6)21-22-15-11-10-12-16-22/h8,10-12,15-16,20,23,28H,7,9,13-14,17-19,21H2,1-6H3/b24-20-,29-8?. The number of esters is 1. The zero-order valence-electron chi connectivity index (χ0n) is 21.8. The van der Waals surface area contributed by atoms with Gasteiger partial charge in [-0.25, -0.2) is 4.79 Å². The van der Waals surface area contributed by atoms with Crippen molar-refractivity contribution in [3.05, 3.63) is 47.8 Å². The van der Waals surface area contributed by atoms with Crippen molar-refractivity contribution < 1.29 is 19.1 Å². The molecule has 1 atom stereocenters. The normalized spacial score (nSPS) is 12.9. The van der Waals surface area contributed by atoms with Crippen LogP contribution in [0.5, 0.6) is 0 Å². The van der Waals surface area contributed by atoms with E-state index in [1.54, 1.807) is 11.1 Å². The first-order chi connectivity index (χ1) is 16.2. The second-order valence-electron chi connectivity index (χ2n) is 9.12. The smallest absolute Gasteiger partial charge is 0.410 e. The van der Waals surface area contributed by atoms with Crippen LogP contribution in [0.4, 0.5) is 4.79 Å². The van der Waals surface area contributed by atoms with Gasteiger partial charge >= 0.3 is 12.1 Å². The Balaban J connectivity index is 2.80. The van der Waals surface area contributed by atoms with Gasteiger partial charge in [-0.3, -0.25) is 9.79 Å². The summed E-state index contributed by atoms with van der Waals surface area (Å²) in [6.45, 7) is 13.5. The van der Waals surface area contributed by atoms with Crippen molar-refractivity contribution >= 4 is 18.3 Å². The molecule has 1 aromatic carbocycles. The molecule has 34 heavy (non-hydrogen) atoms. The number of benzene rings is 1. The predicted octanol–water partition coefficient (Wildman–Crippen LogP) is 5.71. The predicted molar refractivity (Wildman–Crippen MR) is 138 cm³/mol. The Labute approximate surface area is 205 Å². The molecule has 1 amide bonds. The maximum absolute atomic E-state index is 12.8. The minimum absolute atomic E-state index is 0.204. The molecule has 1 aromatic rings. The molecule has 1 N–H and O–H groups in total. The third-order valence-electron chi connectivity index (χ3n) is 4.94. The number of carbonyl (C=O) groups is 2. The zero-order chi connectivity index (χ0) is 25.4. The van der Waals surface area contributed by atoms with Crippen LogP contribution in [0.1, 0.15) is 72.8 Å². The van der Waals surface area contributed by atoms with Crippen molar-refractivity contribution in [2.45, 2.75) is 79.4 Å². The Morgan fingerprint density at radius 1 is 1.15 bits per heavy atom. The van der Waals surface area contributed by atoms with E-state index in [1.807, 2.05) is 78.1 Å². The number of nitrogens with zero attached hydrogens (tertiary/aromatic N) is 2. The van der Waals surface area contributed by atoms with E-state index in [4.69, 9.17) is 9.47 Å². The summed E-state index contributed by atoms with van der Waals surface area (Å²) in [5.41, 5.74) is 1.31. The number of amides is 1. The first kappa shape index (κ1) is 29.2. The average Bonchev–Trinajstić information content (AvgIpc) is 2.78. The van der Waals surface area contributed by atoms with Gasteiger partial charge in [-0.1, -0.05) is 36.8 Å². The Bertz CT molecular complexity index is 785. The fourth-order valence-electron chi connectivity index (χ4n) is 3.41. The summed E-state index contributed by atoms with van der Waals surface area (Å²) in [7, 11) is 0. The lowest BCUT2D eigenvalue weighted by molar-refractivity contribution is -0.148. The molecule has 0 fully saturated rings. The van der Waals surface area contributed by atoms with E-state index in [9.17, 15) is 9.59 Å². The second-order valence-corrected chi connectivity index (χ2v) is 9.12. The molecule has 1 unspecified atom stereocenters. The zero-order valence-corrected chi connectivity index (χ0v) is 21.8.